The molecular formula is C13H20N2O. The van der Waals surface area contributed by atoms with E-state index in [1.165, 1.54) is 16.8 Å². The molecule has 1 aromatic carbocycles. The van der Waals surface area contributed by atoms with E-state index < -0.39 is 0 Å². The van der Waals surface area contributed by atoms with Crippen molar-refractivity contribution in [3.8, 4) is 0 Å². The maximum Gasteiger partial charge on any atom is 0.0668 e. The smallest absolute Gasteiger partial charge is 0.0668 e. The first-order chi connectivity index (χ1) is 7.74. The van der Waals surface area contributed by atoms with Gasteiger partial charge in [-0.25, -0.2) is 0 Å². The Morgan fingerprint density at radius 2 is 2.31 bits per heavy atom. The molecule has 1 aromatic rings. The lowest BCUT2D eigenvalue weighted by Crippen LogP contribution is -2.44. The highest BCUT2D eigenvalue weighted by molar-refractivity contribution is 5.60. The van der Waals surface area contributed by atoms with Crippen LogP contribution < -0.4 is 10.6 Å². The minimum atomic E-state index is 0.431. The lowest BCUT2D eigenvalue weighted by atomic mass is 10.0. The van der Waals surface area contributed by atoms with Crippen molar-refractivity contribution in [2.75, 3.05) is 24.7 Å². The van der Waals surface area contributed by atoms with Gasteiger partial charge >= 0.3 is 0 Å². The third kappa shape index (κ3) is 2.06. The lowest BCUT2D eigenvalue weighted by molar-refractivity contribution is 0.0988. The summed E-state index contributed by atoms with van der Waals surface area (Å²) in [6.07, 6.45) is 0. The van der Waals surface area contributed by atoms with Crippen LogP contribution in [0.5, 0.6) is 0 Å². The highest BCUT2D eigenvalue weighted by atomic mass is 16.5. The number of hydrogen-bond donors (Lipinski definition) is 1. The molecule has 1 aliphatic heterocycles. The summed E-state index contributed by atoms with van der Waals surface area (Å²) in [5.74, 6) is 0. The molecule has 0 aromatic heterocycles. The van der Waals surface area contributed by atoms with Crippen LogP contribution >= 0.6 is 0 Å². The molecule has 0 amide bonds. The van der Waals surface area contributed by atoms with Gasteiger partial charge in [-0.3, -0.25) is 0 Å². The standard InChI is InChI=1S/C13H20N2O/c1-10-4-3-5-12(8-14)13(10)15-6-7-16-9-11(15)2/h3-5,11H,6-9,14H2,1-2H3. The van der Waals surface area contributed by atoms with E-state index in [2.05, 4.69) is 36.9 Å². The van der Waals surface area contributed by atoms with Gasteiger partial charge < -0.3 is 15.4 Å². The van der Waals surface area contributed by atoms with E-state index >= 15 is 0 Å². The largest absolute Gasteiger partial charge is 0.377 e. The van der Waals surface area contributed by atoms with Crippen molar-refractivity contribution in [3.63, 3.8) is 0 Å². The summed E-state index contributed by atoms with van der Waals surface area (Å²) < 4.78 is 5.47. The first kappa shape index (κ1) is 11.4. The fourth-order valence-corrected chi connectivity index (χ4v) is 2.35. The molecule has 1 saturated heterocycles. The second kappa shape index (κ2) is 4.85. The van der Waals surface area contributed by atoms with Crippen LogP contribution in [0.1, 0.15) is 18.1 Å². The average molecular weight is 220 g/mol. The maximum atomic E-state index is 5.81. The zero-order valence-electron chi connectivity index (χ0n) is 10.1. The molecule has 0 aliphatic carbocycles. The number of anilines is 1. The molecule has 2 rings (SSSR count). The normalized spacial score (nSPS) is 21.2. The quantitative estimate of drug-likeness (QED) is 0.824. The predicted octanol–water partition coefficient (Wildman–Crippen LogP) is 1.68. The van der Waals surface area contributed by atoms with Crippen molar-refractivity contribution in [3.05, 3.63) is 29.3 Å². The van der Waals surface area contributed by atoms with Gasteiger partial charge in [0.2, 0.25) is 0 Å². The van der Waals surface area contributed by atoms with E-state index in [9.17, 15) is 0 Å². The fourth-order valence-electron chi connectivity index (χ4n) is 2.35. The van der Waals surface area contributed by atoms with E-state index in [-0.39, 0.29) is 0 Å². The number of rotatable bonds is 2. The third-order valence-corrected chi connectivity index (χ3v) is 3.20. The van der Waals surface area contributed by atoms with Crippen LogP contribution in [0.15, 0.2) is 18.2 Å². The molecule has 1 atom stereocenters. The minimum absolute atomic E-state index is 0.431. The van der Waals surface area contributed by atoms with Gasteiger partial charge in [-0.2, -0.15) is 0 Å². The molecule has 1 unspecified atom stereocenters. The Morgan fingerprint density at radius 1 is 1.50 bits per heavy atom. The van der Waals surface area contributed by atoms with Gasteiger partial charge in [0.25, 0.3) is 0 Å². The molecule has 1 aliphatic rings. The molecule has 2 N–H and O–H groups in total. The Hall–Kier alpha value is -1.06. The van der Waals surface area contributed by atoms with Crippen LogP contribution in [0, 0.1) is 6.92 Å². The summed E-state index contributed by atoms with van der Waals surface area (Å²) in [5.41, 5.74) is 9.65. The van der Waals surface area contributed by atoms with Crippen molar-refractivity contribution in [1.29, 1.82) is 0 Å². The molecule has 3 nitrogen and oxygen atoms in total. The van der Waals surface area contributed by atoms with Crippen molar-refractivity contribution in [2.45, 2.75) is 26.4 Å². The lowest BCUT2D eigenvalue weighted by Gasteiger charge is -2.37. The summed E-state index contributed by atoms with van der Waals surface area (Å²) >= 11 is 0. The Labute approximate surface area is 97.2 Å². The number of morpholine rings is 1. The predicted molar refractivity (Wildman–Crippen MR) is 66.7 cm³/mol. The topological polar surface area (TPSA) is 38.5 Å². The maximum absolute atomic E-state index is 5.81. The number of ether oxygens (including phenoxy) is 1. The number of para-hydroxylation sites is 1. The second-order valence-electron chi connectivity index (χ2n) is 4.40. The van der Waals surface area contributed by atoms with E-state index in [1.54, 1.807) is 0 Å². The number of nitrogens with zero attached hydrogens (tertiary/aromatic N) is 1. The monoisotopic (exact) mass is 220 g/mol. The first-order valence-corrected chi connectivity index (χ1v) is 5.87. The molecule has 0 saturated carbocycles. The second-order valence-corrected chi connectivity index (χ2v) is 4.40. The molecule has 1 fully saturated rings. The van der Waals surface area contributed by atoms with E-state index in [0.717, 1.165) is 19.8 Å². The van der Waals surface area contributed by atoms with Crippen molar-refractivity contribution in [2.24, 2.45) is 5.73 Å². The number of nitrogens with two attached hydrogens (primary N) is 1. The minimum Gasteiger partial charge on any atom is -0.377 e. The SMILES string of the molecule is Cc1cccc(CN)c1N1CCOCC1C. The van der Waals surface area contributed by atoms with Gasteiger partial charge in [0, 0.05) is 24.8 Å². The van der Waals surface area contributed by atoms with Gasteiger partial charge in [0.1, 0.15) is 0 Å². The van der Waals surface area contributed by atoms with Crippen LogP contribution in [0.4, 0.5) is 5.69 Å². The molecule has 16 heavy (non-hydrogen) atoms. The Morgan fingerprint density at radius 3 is 3.00 bits per heavy atom. The molecular weight excluding hydrogens is 200 g/mol. The average Bonchev–Trinajstić information content (AvgIpc) is 2.30. The van der Waals surface area contributed by atoms with Crippen LogP contribution in [0.3, 0.4) is 0 Å². The van der Waals surface area contributed by atoms with Gasteiger partial charge in [0.15, 0.2) is 0 Å². The fraction of sp³-hybridized carbons (Fsp3) is 0.538. The molecule has 0 radical (unpaired) electrons. The molecule has 3 heteroatoms. The van der Waals surface area contributed by atoms with Crippen molar-refractivity contribution in [1.82, 2.24) is 0 Å². The highest BCUT2D eigenvalue weighted by Gasteiger charge is 2.22. The van der Waals surface area contributed by atoms with Gasteiger partial charge in [-0.1, -0.05) is 18.2 Å². The van der Waals surface area contributed by atoms with Gasteiger partial charge in [-0.15, -0.1) is 0 Å². The van der Waals surface area contributed by atoms with Crippen molar-refractivity contribution >= 4 is 5.69 Å². The summed E-state index contributed by atoms with van der Waals surface area (Å²) in [4.78, 5) is 2.42. The van der Waals surface area contributed by atoms with Gasteiger partial charge in [-0.05, 0) is 25.0 Å². The van der Waals surface area contributed by atoms with Gasteiger partial charge in [0.05, 0.1) is 13.2 Å². The highest BCUT2D eigenvalue weighted by Crippen LogP contribution is 2.27. The zero-order chi connectivity index (χ0) is 11.5. The molecule has 1 heterocycles. The van der Waals surface area contributed by atoms with Crippen LogP contribution in [0.2, 0.25) is 0 Å². The first-order valence-electron chi connectivity index (χ1n) is 5.87. The van der Waals surface area contributed by atoms with E-state index in [0.29, 0.717) is 12.6 Å². The Kier molecular flexibility index (Phi) is 3.46. The number of aryl methyl sites for hydroxylation is 1. The van der Waals surface area contributed by atoms with Crippen LogP contribution in [-0.2, 0) is 11.3 Å². The molecule has 0 spiro atoms. The van der Waals surface area contributed by atoms with E-state index in [4.69, 9.17) is 10.5 Å². The Bertz CT molecular complexity index is 365. The summed E-state index contributed by atoms with van der Waals surface area (Å²) in [6.45, 7) is 7.52. The Balaban J connectivity index is 2.37. The van der Waals surface area contributed by atoms with Crippen LogP contribution in [-0.4, -0.2) is 25.8 Å². The zero-order valence-corrected chi connectivity index (χ0v) is 10.1. The van der Waals surface area contributed by atoms with Crippen LogP contribution in [0.25, 0.3) is 0 Å². The molecule has 88 valence electrons. The van der Waals surface area contributed by atoms with E-state index in [1.807, 2.05) is 0 Å². The molecule has 0 bridgehead atoms. The number of hydrogen-bond acceptors (Lipinski definition) is 3. The summed E-state index contributed by atoms with van der Waals surface area (Å²) in [6, 6.07) is 6.77. The number of benzene rings is 1. The third-order valence-electron chi connectivity index (χ3n) is 3.20. The van der Waals surface area contributed by atoms with Crippen molar-refractivity contribution < 1.29 is 4.74 Å². The summed E-state index contributed by atoms with van der Waals surface area (Å²) in [5, 5.41) is 0. The summed E-state index contributed by atoms with van der Waals surface area (Å²) in [7, 11) is 0.